The molecule has 2 N–H and O–H groups in total. The molecule has 1 aromatic heterocycles. The Balaban J connectivity index is 1.77. The van der Waals surface area contributed by atoms with Crippen molar-refractivity contribution >= 4 is 23.0 Å². The highest BCUT2D eigenvalue weighted by Gasteiger charge is 2.13. The van der Waals surface area contributed by atoms with Crippen molar-refractivity contribution in [3.05, 3.63) is 72.6 Å². The maximum Gasteiger partial charge on any atom is 0.274 e. The summed E-state index contributed by atoms with van der Waals surface area (Å²) in [5, 5.41) is 6.16. The topological polar surface area (TPSA) is 72.5 Å². The van der Waals surface area contributed by atoms with E-state index >= 15 is 0 Å². The largest absolute Gasteiger partial charge is 0.492 e. The quantitative estimate of drug-likeness (QED) is 0.548. The molecule has 3 rings (SSSR count). The molecule has 0 saturated carbocycles. The van der Waals surface area contributed by atoms with Gasteiger partial charge in [-0.15, -0.1) is 0 Å². The lowest BCUT2D eigenvalue weighted by molar-refractivity contribution is 0.102. The first-order valence-corrected chi connectivity index (χ1v) is 9.58. The monoisotopic (exact) mass is 391 g/mol. The third kappa shape index (κ3) is 5.48. The number of amides is 1. The number of pyridine rings is 1. The summed E-state index contributed by atoms with van der Waals surface area (Å²) < 4.78 is 11.4. The molecule has 0 aliphatic heterocycles. The third-order valence-electron chi connectivity index (χ3n) is 3.96. The minimum Gasteiger partial charge on any atom is -0.492 e. The van der Waals surface area contributed by atoms with Crippen molar-refractivity contribution in [1.29, 1.82) is 0 Å². The molecule has 0 spiro atoms. The van der Waals surface area contributed by atoms with Crippen LogP contribution in [0.15, 0.2) is 66.9 Å². The van der Waals surface area contributed by atoms with Crippen molar-refractivity contribution in [3.8, 4) is 11.5 Å². The van der Waals surface area contributed by atoms with Crippen molar-refractivity contribution in [3.63, 3.8) is 0 Å². The first-order chi connectivity index (χ1) is 14.1. The zero-order chi connectivity index (χ0) is 20.6. The fourth-order valence-corrected chi connectivity index (χ4v) is 2.75. The molecule has 1 amide bonds. The van der Waals surface area contributed by atoms with E-state index < -0.39 is 0 Å². The summed E-state index contributed by atoms with van der Waals surface area (Å²) in [6.45, 7) is 6.39. The molecule has 0 saturated heterocycles. The van der Waals surface area contributed by atoms with Gasteiger partial charge in [0.1, 0.15) is 17.2 Å². The van der Waals surface area contributed by atoms with Crippen LogP contribution in [-0.4, -0.2) is 23.6 Å². The Morgan fingerprint density at radius 3 is 2.41 bits per heavy atom. The van der Waals surface area contributed by atoms with Gasteiger partial charge in [-0.1, -0.05) is 24.3 Å². The van der Waals surface area contributed by atoms with Gasteiger partial charge in [0.25, 0.3) is 5.91 Å². The number of nitrogens with zero attached hydrogens (tertiary/aromatic N) is 1. The van der Waals surface area contributed by atoms with Gasteiger partial charge in [-0.2, -0.15) is 0 Å². The first-order valence-electron chi connectivity index (χ1n) is 9.58. The van der Waals surface area contributed by atoms with Crippen LogP contribution in [0.5, 0.6) is 11.5 Å². The van der Waals surface area contributed by atoms with E-state index in [-0.39, 0.29) is 12.0 Å². The molecular formula is C23H25N3O3. The van der Waals surface area contributed by atoms with Crippen molar-refractivity contribution < 1.29 is 14.3 Å². The molecule has 0 atom stereocenters. The molecule has 0 radical (unpaired) electrons. The normalized spacial score (nSPS) is 10.5. The van der Waals surface area contributed by atoms with Gasteiger partial charge in [0, 0.05) is 11.9 Å². The van der Waals surface area contributed by atoms with E-state index in [2.05, 4.69) is 15.6 Å². The zero-order valence-electron chi connectivity index (χ0n) is 16.8. The highest BCUT2D eigenvalue weighted by atomic mass is 16.5. The molecule has 29 heavy (non-hydrogen) atoms. The first kappa shape index (κ1) is 20.2. The standard InChI is InChI=1S/C23H25N3O3/c1-4-28-21-11-7-5-9-18(21)25-17-13-14-24-20(15-17)23(27)26-19-10-6-8-12-22(19)29-16(2)3/h5-16H,4H2,1-3H3,(H,24,25)(H,26,27). The lowest BCUT2D eigenvalue weighted by Crippen LogP contribution is -2.15. The zero-order valence-corrected chi connectivity index (χ0v) is 16.8. The highest BCUT2D eigenvalue weighted by Crippen LogP contribution is 2.28. The summed E-state index contributed by atoms with van der Waals surface area (Å²) in [6, 6.07) is 18.5. The van der Waals surface area contributed by atoms with Crippen LogP contribution in [-0.2, 0) is 0 Å². The van der Waals surface area contributed by atoms with Gasteiger partial charge in [-0.25, -0.2) is 0 Å². The number of rotatable bonds is 8. The second-order valence-electron chi connectivity index (χ2n) is 6.60. The molecule has 6 heteroatoms. The molecule has 0 fully saturated rings. The van der Waals surface area contributed by atoms with Gasteiger partial charge in [0.05, 0.1) is 24.1 Å². The van der Waals surface area contributed by atoms with Crippen LogP contribution in [0, 0.1) is 0 Å². The van der Waals surface area contributed by atoms with Crippen LogP contribution < -0.4 is 20.1 Å². The van der Waals surface area contributed by atoms with Gasteiger partial charge >= 0.3 is 0 Å². The molecule has 0 bridgehead atoms. The number of nitrogens with one attached hydrogen (secondary N) is 2. The predicted molar refractivity (Wildman–Crippen MR) is 115 cm³/mol. The van der Waals surface area contributed by atoms with E-state index in [9.17, 15) is 4.79 Å². The van der Waals surface area contributed by atoms with Crippen molar-refractivity contribution in [1.82, 2.24) is 4.98 Å². The van der Waals surface area contributed by atoms with Crippen LogP contribution >= 0.6 is 0 Å². The number of carbonyl (C=O) groups is 1. The Morgan fingerprint density at radius 1 is 1.00 bits per heavy atom. The summed E-state index contributed by atoms with van der Waals surface area (Å²) >= 11 is 0. The minimum absolute atomic E-state index is 0.00381. The summed E-state index contributed by atoms with van der Waals surface area (Å²) in [6.07, 6.45) is 1.60. The van der Waals surface area contributed by atoms with Crippen LogP contribution in [0.3, 0.4) is 0 Å². The SMILES string of the molecule is CCOc1ccccc1Nc1ccnc(C(=O)Nc2ccccc2OC(C)C)c1. The highest BCUT2D eigenvalue weighted by molar-refractivity contribution is 6.04. The van der Waals surface area contributed by atoms with Crippen molar-refractivity contribution in [2.24, 2.45) is 0 Å². The van der Waals surface area contributed by atoms with E-state index in [4.69, 9.17) is 9.47 Å². The second-order valence-corrected chi connectivity index (χ2v) is 6.60. The minimum atomic E-state index is -0.313. The molecule has 6 nitrogen and oxygen atoms in total. The Bertz CT molecular complexity index is 973. The summed E-state index contributed by atoms with van der Waals surface area (Å²) in [5.41, 5.74) is 2.46. The third-order valence-corrected chi connectivity index (χ3v) is 3.96. The van der Waals surface area contributed by atoms with Gasteiger partial charge < -0.3 is 20.1 Å². The van der Waals surface area contributed by atoms with E-state index in [1.165, 1.54) is 0 Å². The van der Waals surface area contributed by atoms with Crippen LogP contribution in [0.1, 0.15) is 31.3 Å². The molecule has 3 aromatic rings. The lowest BCUT2D eigenvalue weighted by Gasteiger charge is -2.15. The maximum atomic E-state index is 12.7. The molecule has 0 aliphatic carbocycles. The van der Waals surface area contributed by atoms with Gasteiger partial charge in [0.2, 0.25) is 0 Å². The number of hydrogen-bond donors (Lipinski definition) is 2. The molecular weight excluding hydrogens is 366 g/mol. The number of hydrogen-bond acceptors (Lipinski definition) is 5. The number of anilines is 3. The fraction of sp³-hybridized carbons (Fsp3) is 0.217. The van der Waals surface area contributed by atoms with E-state index in [1.807, 2.05) is 63.2 Å². The molecule has 1 heterocycles. The molecule has 0 aliphatic rings. The van der Waals surface area contributed by atoms with Crippen LogP contribution in [0.4, 0.5) is 17.1 Å². The van der Waals surface area contributed by atoms with Crippen LogP contribution in [0.2, 0.25) is 0 Å². The van der Waals surface area contributed by atoms with Gasteiger partial charge in [0.15, 0.2) is 0 Å². The number of para-hydroxylation sites is 4. The average molecular weight is 391 g/mol. The van der Waals surface area contributed by atoms with E-state index in [0.717, 1.165) is 17.1 Å². The average Bonchev–Trinajstić information content (AvgIpc) is 2.71. The molecule has 2 aromatic carbocycles. The van der Waals surface area contributed by atoms with E-state index in [0.29, 0.717) is 23.7 Å². The fourth-order valence-electron chi connectivity index (χ4n) is 2.75. The Hall–Kier alpha value is -3.54. The second kappa shape index (κ2) is 9.59. The van der Waals surface area contributed by atoms with Gasteiger partial charge in [-0.3, -0.25) is 9.78 Å². The number of carbonyl (C=O) groups excluding carboxylic acids is 1. The number of aromatic nitrogens is 1. The summed E-state index contributed by atoms with van der Waals surface area (Å²) in [7, 11) is 0. The Morgan fingerprint density at radius 2 is 1.69 bits per heavy atom. The molecule has 150 valence electrons. The van der Waals surface area contributed by atoms with Crippen molar-refractivity contribution in [2.75, 3.05) is 17.2 Å². The number of ether oxygens (including phenoxy) is 2. The summed E-state index contributed by atoms with van der Waals surface area (Å²) in [4.78, 5) is 16.9. The maximum absolute atomic E-state index is 12.7. The summed E-state index contributed by atoms with van der Waals surface area (Å²) in [5.74, 6) is 1.06. The predicted octanol–water partition coefficient (Wildman–Crippen LogP) is 5.26. The van der Waals surface area contributed by atoms with Gasteiger partial charge in [-0.05, 0) is 57.2 Å². The van der Waals surface area contributed by atoms with Crippen molar-refractivity contribution in [2.45, 2.75) is 26.9 Å². The number of benzene rings is 2. The molecule has 0 unspecified atom stereocenters. The Labute approximate surface area is 170 Å². The van der Waals surface area contributed by atoms with E-state index in [1.54, 1.807) is 24.4 Å². The smallest absolute Gasteiger partial charge is 0.274 e. The Kier molecular flexibility index (Phi) is 6.68. The lowest BCUT2D eigenvalue weighted by atomic mass is 10.2. The van der Waals surface area contributed by atoms with Crippen LogP contribution in [0.25, 0.3) is 0 Å².